The number of halogens is 6. The predicted octanol–water partition coefficient (Wildman–Crippen LogP) is 13.1. The zero-order valence-corrected chi connectivity index (χ0v) is 42.1. The molecule has 6 aliphatic rings. The molecule has 0 unspecified atom stereocenters. The molecule has 6 nitrogen and oxygen atoms in total. The molecule has 12 heteroatoms. The number of benzene rings is 5. The summed E-state index contributed by atoms with van der Waals surface area (Å²) in [5.74, 6) is 6.63. The fraction of sp³-hybridized carbons (Fsp3) is 0.312. The van der Waals surface area contributed by atoms with E-state index in [9.17, 15) is 17.6 Å². The molecule has 6 aliphatic heterocycles. The zero-order chi connectivity index (χ0) is 52.6. The lowest BCUT2D eigenvalue weighted by atomic mass is 9.71. The summed E-state index contributed by atoms with van der Waals surface area (Å²) in [5, 5.41) is 1.91. The Bertz CT molecular complexity index is 3240. The molecule has 0 saturated carbocycles. The molecule has 6 fully saturated rings. The standard InChI is InChI=1S/C64H58F6N4O2/c1-3-33-75-63(51-25-29-71-55-11-7-5-9-49(51)55)57-35-43-27-31-73(57,39-47-21-23-53(65)61(69)59(47)67)37-45(43)19-17-41-13-15-42(16-14-41)18-20-46-38-74(40-48-22-24-54(66)62(70)60(48)68)32-28-44(46)36-58(74)64(76-34-4-2)52-26-30-72-56-12-8-6-10-50(52)56/h3-16,21-26,29-30,43-46,57-58,63-64H,1-2,27-28,31-40H2/q+2/t43-,44-,45-,46-,57-,58-,63+,64+,73-,74-/m0/s1. The second-order valence-corrected chi connectivity index (χ2v) is 21.2. The van der Waals surface area contributed by atoms with Crippen LogP contribution >= 0.6 is 0 Å². The first-order valence-electron chi connectivity index (χ1n) is 26.2. The quantitative estimate of drug-likeness (QED) is 0.0358. The number of hydrogen-bond donors (Lipinski definition) is 0. The fourth-order valence-electron chi connectivity index (χ4n) is 13.4. The molecule has 0 spiro atoms. The zero-order valence-electron chi connectivity index (χ0n) is 42.1. The molecule has 0 radical (unpaired) electrons. The highest BCUT2D eigenvalue weighted by molar-refractivity contribution is 5.83. The van der Waals surface area contributed by atoms with E-state index in [-0.39, 0.29) is 73.2 Å². The molecule has 10 atom stereocenters. The molecule has 0 N–H and O–H groups in total. The molecule has 386 valence electrons. The van der Waals surface area contributed by atoms with Gasteiger partial charge in [0.05, 0.1) is 62.3 Å². The monoisotopic (exact) mass is 1030 g/mol. The van der Waals surface area contributed by atoms with Crippen LogP contribution in [0, 0.1) is 82.3 Å². The first kappa shape index (κ1) is 51.1. The number of fused-ring (bicyclic) bond motifs is 8. The number of pyridine rings is 2. The highest BCUT2D eigenvalue weighted by Crippen LogP contribution is 2.51. The van der Waals surface area contributed by atoms with Crippen LogP contribution in [0.15, 0.2) is 147 Å². The third-order valence-corrected chi connectivity index (χ3v) is 17.0. The molecule has 13 rings (SSSR count). The molecule has 2 aromatic heterocycles. The maximum Gasteiger partial charge on any atom is 0.194 e. The van der Waals surface area contributed by atoms with E-state index in [1.54, 1.807) is 24.5 Å². The number of ether oxygens (including phenoxy) is 2. The van der Waals surface area contributed by atoms with Crippen LogP contribution in [0.1, 0.15) is 71.3 Å². The van der Waals surface area contributed by atoms with E-state index in [4.69, 9.17) is 9.47 Å². The van der Waals surface area contributed by atoms with Crippen molar-refractivity contribution in [3.63, 3.8) is 0 Å². The average Bonchev–Trinajstić information content (AvgIpc) is 3.53. The van der Waals surface area contributed by atoms with E-state index in [0.29, 0.717) is 35.1 Å². The van der Waals surface area contributed by atoms with Gasteiger partial charge in [0.1, 0.15) is 37.4 Å². The van der Waals surface area contributed by atoms with Gasteiger partial charge in [-0.3, -0.25) is 9.97 Å². The lowest BCUT2D eigenvalue weighted by molar-refractivity contribution is -0.984. The van der Waals surface area contributed by atoms with Gasteiger partial charge in [-0.1, -0.05) is 72.2 Å². The van der Waals surface area contributed by atoms with Crippen molar-refractivity contribution < 1.29 is 44.8 Å². The number of aromatic nitrogens is 2. The summed E-state index contributed by atoms with van der Waals surface area (Å²) in [6, 6.07) is 32.0. The number of hydrogen-bond acceptors (Lipinski definition) is 4. The molecule has 0 aliphatic carbocycles. The van der Waals surface area contributed by atoms with E-state index < -0.39 is 47.1 Å². The fourth-order valence-corrected chi connectivity index (χ4v) is 13.4. The summed E-state index contributed by atoms with van der Waals surface area (Å²) in [6.45, 7) is 11.2. The van der Waals surface area contributed by atoms with Crippen LogP contribution in [0.4, 0.5) is 26.3 Å². The Morgan fingerprint density at radius 2 is 0.961 bits per heavy atom. The number of piperidine rings is 6. The molecule has 76 heavy (non-hydrogen) atoms. The lowest BCUT2D eigenvalue weighted by Crippen LogP contribution is -2.68. The average molecular weight is 1030 g/mol. The number of quaternary nitrogens is 2. The minimum atomic E-state index is -1.48. The van der Waals surface area contributed by atoms with E-state index in [0.717, 1.165) is 81.9 Å². The van der Waals surface area contributed by atoms with Gasteiger partial charge in [-0.15, -0.1) is 13.2 Å². The van der Waals surface area contributed by atoms with Crippen LogP contribution in [0.5, 0.6) is 0 Å². The summed E-state index contributed by atoms with van der Waals surface area (Å²) < 4.78 is 104. The van der Waals surface area contributed by atoms with Gasteiger partial charge in [0, 0.05) is 71.1 Å². The Hall–Kier alpha value is -7.06. The van der Waals surface area contributed by atoms with Crippen molar-refractivity contribution in [2.75, 3.05) is 39.4 Å². The highest BCUT2D eigenvalue weighted by Gasteiger charge is 2.57. The Morgan fingerprint density at radius 1 is 0.539 bits per heavy atom. The van der Waals surface area contributed by atoms with Gasteiger partial charge in [0.25, 0.3) is 0 Å². The third-order valence-electron chi connectivity index (χ3n) is 17.0. The van der Waals surface area contributed by atoms with Gasteiger partial charge in [0.15, 0.2) is 34.9 Å². The minimum absolute atomic E-state index is 0.0676. The van der Waals surface area contributed by atoms with E-state index in [2.05, 4.69) is 46.8 Å². The van der Waals surface area contributed by atoms with Gasteiger partial charge in [-0.2, -0.15) is 0 Å². The third kappa shape index (κ3) is 9.73. The van der Waals surface area contributed by atoms with Crippen LogP contribution in [-0.2, 0) is 22.6 Å². The summed E-state index contributed by atoms with van der Waals surface area (Å²) in [4.78, 5) is 9.21. The van der Waals surface area contributed by atoms with Crippen LogP contribution in [0.25, 0.3) is 21.8 Å². The van der Waals surface area contributed by atoms with Gasteiger partial charge < -0.3 is 18.4 Å². The summed E-state index contributed by atoms with van der Waals surface area (Å²) in [5.41, 5.74) is 5.43. The first-order chi connectivity index (χ1) is 37.0. The van der Waals surface area contributed by atoms with Gasteiger partial charge >= 0.3 is 0 Å². The Kier molecular flexibility index (Phi) is 14.5. The smallest absolute Gasteiger partial charge is 0.194 e. The summed E-state index contributed by atoms with van der Waals surface area (Å²) in [6.07, 6.45) is 9.22. The van der Waals surface area contributed by atoms with Gasteiger partial charge in [0.2, 0.25) is 0 Å². The highest BCUT2D eigenvalue weighted by atomic mass is 19.2. The Morgan fingerprint density at radius 3 is 1.38 bits per heavy atom. The van der Waals surface area contributed by atoms with Crippen molar-refractivity contribution in [3.05, 3.63) is 215 Å². The van der Waals surface area contributed by atoms with E-state index >= 15 is 8.78 Å². The SMILES string of the molecule is C=CCO[C@H](c1ccnc2ccccc12)[C@@H]1C[C@@H]2CC[N@@+]1(Cc1ccc(F)c(F)c1F)C[C@@H]2C#Cc1ccc(C#C[C@H]2C[N@+]3(Cc4ccc(F)c(F)c4F)CC[C@H]2C[C@H]3[C@H](OCC=C)c2ccnc3ccccc23)cc1. The van der Waals surface area contributed by atoms with Gasteiger partial charge in [-0.25, -0.2) is 26.3 Å². The molecule has 5 aromatic carbocycles. The molecule has 8 heterocycles. The first-order valence-corrected chi connectivity index (χ1v) is 26.2. The normalized spacial score (nSPS) is 25.3. The van der Waals surface area contributed by atoms with E-state index in [1.165, 1.54) is 12.1 Å². The molecular weight excluding hydrogens is 971 g/mol. The number of para-hydroxylation sites is 2. The molecule has 6 saturated heterocycles. The van der Waals surface area contributed by atoms with Crippen LogP contribution in [-0.4, -0.2) is 70.4 Å². The van der Waals surface area contributed by atoms with Crippen molar-refractivity contribution in [2.45, 2.75) is 63.1 Å². The van der Waals surface area contributed by atoms with Gasteiger partial charge in [-0.05, 0) is 95.8 Å². The topological polar surface area (TPSA) is 44.2 Å². The number of rotatable bonds is 14. The lowest BCUT2D eigenvalue weighted by Gasteiger charge is -2.58. The Labute approximate surface area is 439 Å². The van der Waals surface area contributed by atoms with Crippen molar-refractivity contribution in [3.8, 4) is 23.7 Å². The van der Waals surface area contributed by atoms with Crippen molar-refractivity contribution in [1.82, 2.24) is 9.97 Å². The minimum Gasteiger partial charge on any atom is -0.363 e. The molecule has 4 bridgehead atoms. The van der Waals surface area contributed by atoms with Crippen LogP contribution in [0.2, 0.25) is 0 Å². The van der Waals surface area contributed by atoms with Crippen molar-refractivity contribution in [2.24, 2.45) is 23.7 Å². The molecule has 7 aromatic rings. The molecular formula is C64H58F6N4O2+2. The van der Waals surface area contributed by atoms with Crippen molar-refractivity contribution in [1.29, 1.82) is 0 Å². The van der Waals surface area contributed by atoms with E-state index in [1.807, 2.05) is 84.9 Å². The predicted molar refractivity (Wildman–Crippen MR) is 281 cm³/mol. The maximum absolute atomic E-state index is 15.7. The second kappa shape index (κ2) is 21.5. The van der Waals surface area contributed by atoms with Crippen molar-refractivity contribution >= 4 is 21.8 Å². The molecule has 0 amide bonds. The summed E-state index contributed by atoms with van der Waals surface area (Å²) in [7, 11) is 0. The van der Waals surface area contributed by atoms with Crippen LogP contribution < -0.4 is 0 Å². The Balaban J connectivity index is 0.866. The second-order valence-electron chi connectivity index (χ2n) is 21.2. The maximum atomic E-state index is 15.7. The number of nitrogens with zero attached hydrogens (tertiary/aromatic N) is 4. The summed E-state index contributed by atoms with van der Waals surface area (Å²) >= 11 is 0. The van der Waals surface area contributed by atoms with Crippen LogP contribution in [0.3, 0.4) is 0 Å². The largest absolute Gasteiger partial charge is 0.363 e.